The number of carbonyl (C=O) groups is 2. The summed E-state index contributed by atoms with van der Waals surface area (Å²) in [5, 5.41) is 2.65. The van der Waals surface area contributed by atoms with Gasteiger partial charge in [-0.3, -0.25) is 4.79 Å². The molecule has 6 nitrogen and oxygen atoms in total. The molecule has 0 aromatic heterocycles. The largest absolute Gasteiger partial charge is 0.448 e. The zero-order valence-electron chi connectivity index (χ0n) is 13.6. The Bertz CT molecular complexity index is 919. The van der Waals surface area contributed by atoms with Crippen molar-refractivity contribution in [2.75, 3.05) is 11.1 Å². The summed E-state index contributed by atoms with van der Waals surface area (Å²) in [6, 6.07) is 12.9. The van der Waals surface area contributed by atoms with Crippen LogP contribution in [0.15, 0.2) is 53.4 Å². The van der Waals surface area contributed by atoms with E-state index in [1.54, 1.807) is 31.2 Å². The maximum atomic E-state index is 12.4. The maximum absolute atomic E-state index is 12.4. The molecule has 1 heterocycles. The van der Waals surface area contributed by atoms with E-state index in [0.29, 0.717) is 17.7 Å². The highest BCUT2D eigenvalue weighted by atomic mass is 32.2. The zero-order valence-corrected chi connectivity index (χ0v) is 14.4. The monoisotopic (exact) mass is 359 g/mol. The van der Waals surface area contributed by atoms with Gasteiger partial charge in [-0.1, -0.05) is 25.1 Å². The van der Waals surface area contributed by atoms with E-state index < -0.39 is 27.8 Å². The molecule has 2 aromatic rings. The molecule has 0 saturated carbocycles. The summed E-state index contributed by atoms with van der Waals surface area (Å²) in [6.45, 7) is 1.57. The van der Waals surface area contributed by atoms with Gasteiger partial charge in [0.1, 0.15) is 0 Å². The van der Waals surface area contributed by atoms with Crippen molar-refractivity contribution in [3.8, 4) is 0 Å². The number of amides is 1. The molecule has 3 rings (SSSR count). The van der Waals surface area contributed by atoms with E-state index in [1.165, 1.54) is 24.3 Å². The molecule has 0 bridgehead atoms. The van der Waals surface area contributed by atoms with Gasteiger partial charge < -0.3 is 10.1 Å². The summed E-state index contributed by atoms with van der Waals surface area (Å²) in [7, 11) is -3.29. The van der Waals surface area contributed by atoms with Gasteiger partial charge in [0.25, 0.3) is 5.91 Å². The predicted octanol–water partition coefficient (Wildman–Crippen LogP) is 2.20. The quantitative estimate of drug-likeness (QED) is 0.846. The van der Waals surface area contributed by atoms with Gasteiger partial charge in [0, 0.05) is 12.1 Å². The molecule has 1 aliphatic heterocycles. The van der Waals surface area contributed by atoms with Crippen molar-refractivity contribution in [1.29, 1.82) is 0 Å². The van der Waals surface area contributed by atoms with E-state index in [9.17, 15) is 18.0 Å². The minimum atomic E-state index is -3.29. The van der Waals surface area contributed by atoms with E-state index in [2.05, 4.69) is 5.32 Å². The minimum absolute atomic E-state index is 0.0101. The molecular formula is C18H17NO5S. The Balaban J connectivity index is 1.72. The number of hydrogen-bond donors (Lipinski definition) is 1. The highest BCUT2D eigenvalue weighted by Crippen LogP contribution is 2.22. The van der Waals surface area contributed by atoms with Crippen LogP contribution in [0.25, 0.3) is 0 Å². The first kappa shape index (κ1) is 17.2. The first-order valence-corrected chi connectivity index (χ1v) is 9.48. The third-order valence-corrected chi connectivity index (χ3v) is 5.80. The van der Waals surface area contributed by atoms with Crippen LogP contribution in [0.3, 0.4) is 0 Å². The molecule has 1 amide bonds. The molecule has 1 N–H and O–H groups in total. The van der Waals surface area contributed by atoms with Gasteiger partial charge in [-0.05, 0) is 35.9 Å². The van der Waals surface area contributed by atoms with Gasteiger partial charge in [-0.25, -0.2) is 13.2 Å². The van der Waals surface area contributed by atoms with Gasteiger partial charge >= 0.3 is 5.97 Å². The standard InChI is InChI=1S/C18H17NO5S/c1-2-25(22,23)14-9-7-13(8-10-14)19-17(20)16-11-12-5-3-4-6-15(12)18(21)24-16/h3-10,16H,2,11H2,1H3,(H,19,20)/t16-/m1/s1. The van der Waals surface area contributed by atoms with Crippen molar-refractivity contribution in [3.05, 3.63) is 59.7 Å². The topological polar surface area (TPSA) is 89.5 Å². The van der Waals surface area contributed by atoms with Crippen molar-refractivity contribution < 1.29 is 22.7 Å². The molecule has 0 aliphatic carbocycles. The van der Waals surface area contributed by atoms with E-state index in [-0.39, 0.29) is 10.6 Å². The molecule has 1 atom stereocenters. The molecule has 0 spiro atoms. The third kappa shape index (κ3) is 3.56. The maximum Gasteiger partial charge on any atom is 0.339 e. The number of ether oxygens (including phenoxy) is 1. The fourth-order valence-electron chi connectivity index (χ4n) is 2.61. The predicted molar refractivity (Wildman–Crippen MR) is 92.1 cm³/mol. The summed E-state index contributed by atoms with van der Waals surface area (Å²) in [6.07, 6.45) is -0.614. The van der Waals surface area contributed by atoms with Crippen LogP contribution in [-0.4, -0.2) is 32.2 Å². The molecule has 25 heavy (non-hydrogen) atoms. The molecule has 0 unspecified atom stereocenters. The third-order valence-electron chi connectivity index (χ3n) is 4.05. The lowest BCUT2D eigenvalue weighted by Crippen LogP contribution is -2.37. The van der Waals surface area contributed by atoms with Crippen molar-refractivity contribution in [2.24, 2.45) is 0 Å². The Hall–Kier alpha value is -2.67. The van der Waals surface area contributed by atoms with E-state index in [0.717, 1.165) is 5.56 Å². The van der Waals surface area contributed by atoms with E-state index in [4.69, 9.17) is 4.74 Å². The fourth-order valence-corrected chi connectivity index (χ4v) is 3.50. The Morgan fingerprint density at radius 3 is 2.52 bits per heavy atom. The van der Waals surface area contributed by atoms with Crippen molar-refractivity contribution in [1.82, 2.24) is 0 Å². The normalized spacial score (nSPS) is 16.7. The van der Waals surface area contributed by atoms with Crippen LogP contribution >= 0.6 is 0 Å². The number of benzene rings is 2. The second-order valence-electron chi connectivity index (χ2n) is 5.67. The van der Waals surface area contributed by atoms with Crippen LogP contribution in [0.2, 0.25) is 0 Å². The lowest BCUT2D eigenvalue weighted by atomic mass is 9.98. The van der Waals surface area contributed by atoms with Gasteiger partial charge in [-0.2, -0.15) is 0 Å². The zero-order chi connectivity index (χ0) is 18.0. The number of esters is 1. The van der Waals surface area contributed by atoms with Gasteiger partial charge in [0.05, 0.1) is 16.2 Å². The number of carbonyl (C=O) groups excluding carboxylic acids is 2. The summed E-state index contributed by atoms with van der Waals surface area (Å²) in [5.41, 5.74) is 1.68. The second-order valence-corrected chi connectivity index (χ2v) is 7.95. The minimum Gasteiger partial charge on any atom is -0.448 e. The summed E-state index contributed by atoms with van der Waals surface area (Å²) in [5.74, 6) is -0.962. The van der Waals surface area contributed by atoms with Crippen LogP contribution in [-0.2, 0) is 25.8 Å². The highest BCUT2D eigenvalue weighted by Gasteiger charge is 2.31. The Morgan fingerprint density at radius 1 is 1.16 bits per heavy atom. The lowest BCUT2D eigenvalue weighted by Gasteiger charge is -2.23. The molecule has 1 aliphatic rings. The number of nitrogens with one attached hydrogen (secondary N) is 1. The van der Waals surface area contributed by atoms with Crippen LogP contribution in [0.5, 0.6) is 0 Å². The molecular weight excluding hydrogens is 342 g/mol. The van der Waals surface area contributed by atoms with Crippen molar-refractivity contribution in [3.63, 3.8) is 0 Å². The number of fused-ring (bicyclic) bond motifs is 1. The number of cyclic esters (lactones) is 1. The van der Waals surface area contributed by atoms with E-state index in [1.807, 2.05) is 0 Å². The lowest BCUT2D eigenvalue weighted by molar-refractivity contribution is -0.125. The molecule has 0 fully saturated rings. The smallest absolute Gasteiger partial charge is 0.339 e. The highest BCUT2D eigenvalue weighted by molar-refractivity contribution is 7.91. The Kier molecular flexibility index (Phi) is 4.59. The van der Waals surface area contributed by atoms with Gasteiger partial charge in [0.2, 0.25) is 0 Å². The molecule has 0 radical (unpaired) electrons. The second kappa shape index (κ2) is 6.68. The molecule has 2 aromatic carbocycles. The summed E-state index contributed by atoms with van der Waals surface area (Å²) < 4.78 is 28.8. The Labute approximate surface area is 145 Å². The first-order valence-electron chi connectivity index (χ1n) is 7.83. The number of hydrogen-bond acceptors (Lipinski definition) is 5. The number of sulfone groups is 1. The van der Waals surface area contributed by atoms with Gasteiger partial charge in [0.15, 0.2) is 15.9 Å². The summed E-state index contributed by atoms with van der Waals surface area (Å²) in [4.78, 5) is 24.5. The van der Waals surface area contributed by atoms with Gasteiger partial charge in [-0.15, -0.1) is 0 Å². The van der Waals surface area contributed by atoms with Crippen molar-refractivity contribution in [2.45, 2.75) is 24.3 Å². The van der Waals surface area contributed by atoms with Crippen LogP contribution in [0.4, 0.5) is 5.69 Å². The van der Waals surface area contributed by atoms with E-state index >= 15 is 0 Å². The summed E-state index contributed by atoms with van der Waals surface area (Å²) >= 11 is 0. The molecule has 0 saturated heterocycles. The average molecular weight is 359 g/mol. The number of anilines is 1. The SMILES string of the molecule is CCS(=O)(=O)c1ccc(NC(=O)[C@H]2Cc3ccccc3C(=O)O2)cc1. The number of rotatable bonds is 4. The first-order chi connectivity index (χ1) is 11.9. The fraction of sp³-hybridized carbons (Fsp3) is 0.222. The van der Waals surface area contributed by atoms with Crippen molar-refractivity contribution >= 4 is 27.4 Å². The Morgan fingerprint density at radius 2 is 1.84 bits per heavy atom. The molecule has 7 heteroatoms. The van der Waals surface area contributed by atoms with Crippen LogP contribution < -0.4 is 5.32 Å². The average Bonchev–Trinajstić information content (AvgIpc) is 2.62. The molecule has 130 valence electrons. The van der Waals surface area contributed by atoms with Crippen LogP contribution in [0.1, 0.15) is 22.8 Å². The van der Waals surface area contributed by atoms with Crippen LogP contribution in [0, 0.1) is 0 Å².